The molecule has 0 aliphatic carbocycles. The van der Waals surface area contributed by atoms with Crippen molar-refractivity contribution < 1.29 is 4.42 Å². The lowest BCUT2D eigenvalue weighted by atomic mass is 9.86. The monoisotopic (exact) mass is 230 g/mol. The Bertz CT molecular complexity index is 492. The minimum absolute atomic E-state index is 0.191. The third-order valence-electron chi connectivity index (χ3n) is 2.77. The van der Waals surface area contributed by atoms with Gasteiger partial charge in [-0.15, -0.1) is 0 Å². The van der Waals surface area contributed by atoms with E-state index in [4.69, 9.17) is 10.2 Å². The molecular weight excluding hydrogens is 212 g/mol. The second-order valence-electron chi connectivity index (χ2n) is 5.30. The van der Waals surface area contributed by atoms with E-state index >= 15 is 0 Å². The lowest BCUT2D eigenvalue weighted by Gasteiger charge is -2.19. The zero-order valence-corrected chi connectivity index (χ0v) is 10.5. The van der Waals surface area contributed by atoms with Gasteiger partial charge in [-0.05, 0) is 16.5 Å². The Balaban J connectivity index is 2.13. The molecule has 17 heavy (non-hydrogen) atoms. The van der Waals surface area contributed by atoms with Gasteiger partial charge >= 0.3 is 0 Å². The fourth-order valence-corrected chi connectivity index (χ4v) is 1.74. The van der Waals surface area contributed by atoms with Crippen LogP contribution >= 0.6 is 0 Å². The zero-order valence-electron chi connectivity index (χ0n) is 10.5. The molecule has 3 heteroatoms. The smallest absolute Gasteiger partial charge is 0.292 e. The Morgan fingerprint density at radius 2 is 1.82 bits per heavy atom. The molecule has 1 heterocycles. The highest BCUT2D eigenvalue weighted by atomic mass is 16.4. The lowest BCUT2D eigenvalue weighted by molar-refractivity contribution is 0.578. The van der Waals surface area contributed by atoms with Crippen LogP contribution in [0.4, 0.5) is 6.01 Å². The lowest BCUT2D eigenvalue weighted by Crippen LogP contribution is -2.10. The summed E-state index contributed by atoms with van der Waals surface area (Å²) in [7, 11) is 0. The molecule has 3 nitrogen and oxygen atoms in total. The summed E-state index contributed by atoms with van der Waals surface area (Å²) in [6.07, 6.45) is 2.36. The number of nitrogen functional groups attached to an aromatic ring is 1. The highest BCUT2D eigenvalue weighted by Crippen LogP contribution is 2.22. The van der Waals surface area contributed by atoms with Gasteiger partial charge in [0.05, 0.1) is 5.69 Å². The van der Waals surface area contributed by atoms with Crippen LogP contribution in [-0.2, 0) is 11.8 Å². The summed E-state index contributed by atoms with van der Waals surface area (Å²) in [6, 6.07) is 8.82. The van der Waals surface area contributed by atoms with E-state index in [1.165, 1.54) is 11.1 Å². The fourth-order valence-electron chi connectivity index (χ4n) is 1.74. The summed E-state index contributed by atoms with van der Waals surface area (Å²) in [4.78, 5) is 4.09. The Morgan fingerprint density at radius 1 is 1.18 bits per heavy atom. The van der Waals surface area contributed by atoms with Crippen molar-refractivity contribution in [2.75, 3.05) is 5.73 Å². The molecule has 0 fully saturated rings. The van der Waals surface area contributed by atoms with Gasteiger partial charge < -0.3 is 10.2 Å². The van der Waals surface area contributed by atoms with Crippen molar-refractivity contribution in [3.8, 4) is 0 Å². The Morgan fingerprint density at radius 3 is 2.29 bits per heavy atom. The normalized spacial score (nSPS) is 11.7. The number of anilines is 1. The average molecular weight is 230 g/mol. The van der Waals surface area contributed by atoms with Gasteiger partial charge in [0.1, 0.15) is 6.26 Å². The summed E-state index contributed by atoms with van der Waals surface area (Å²) in [5.74, 6) is 0. The van der Waals surface area contributed by atoms with Crippen LogP contribution in [0.2, 0.25) is 0 Å². The van der Waals surface area contributed by atoms with Gasteiger partial charge in [0.2, 0.25) is 0 Å². The Kier molecular flexibility index (Phi) is 2.92. The molecule has 0 saturated heterocycles. The number of oxazole rings is 1. The van der Waals surface area contributed by atoms with E-state index in [1.54, 1.807) is 6.26 Å². The van der Waals surface area contributed by atoms with Crippen LogP contribution in [0.5, 0.6) is 0 Å². The molecule has 0 amide bonds. The molecule has 0 aliphatic heterocycles. The molecule has 2 rings (SSSR count). The zero-order chi connectivity index (χ0) is 12.5. The van der Waals surface area contributed by atoms with Gasteiger partial charge in [-0.25, -0.2) is 0 Å². The quantitative estimate of drug-likeness (QED) is 0.862. The van der Waals surface area contributed by atoms with E-state index in [0.717, 1.165) is 12.1 Å². The van der Waals surface area contributed by atoms with Gasteiger partial charge in [0.25, 0.3) is 6.01 Å². The first-order valence-electron chi connectivity index (χ1n) is 5.74. The highest BCUT2D eigenvalue weighted by molar-refractivity contribution is 5.30. The SMILES string of the molecule is CC(C)(C)c1ccc(Cc2coc(N)n2)cc1. The predicted molar refractivity (Wildman–Crippen MR) is 68.9 cm³/mol. The van der Waals surface area contributed by atoms with Crippen LogP contribution in [0.1, 0.15) is 37.6 Å². The van der Waals surface area contributed by atoms with Crippen LogP contribution in [0.15, 0.2) is 34.9 Å². The molecular formula is C14H18N2O. The molecule has 0 radical (unpaired) electrons. The van der Waals surface area contributed by atoms with Crippen LogP contribution in [0, 0.1) is 0 Å². The first-order chi connectivity index (χ1) is 7.95. The summed E-state index contributed by atoms with van der Waals surface area (Å²) in [6.45, 7) is 6.63. The van der Waals surface area contributed by atoms with E-state index in [1.807, 2.05) is 0 Å². The first-order valence-corrected chi connectivity index (χ1v) is 5.74. The Labute approximate surface area is 102 Å². The largest absolute Gasteiger partial charge is 0.432 e. The third kappa shape index (κ3) is 2.87. The van der Waals surface area contributed by atoms with Gasteiger partial charge in [0, 0.05) is 6.42 Å². The molecule has 2 aromatic rings. The van der Waals surface area contributed by atoms with Crippen molar-refractivity contribution in [2.45, 2.75) is 32.6 Å². The van der Waals surface area contributed by atoms with E-state index < -0.39 is 0 Å². The topological polar surface area (TPSA) is 52.0 Å². The van der Waals surface area contributed by atoms with E-state index in [2.05, 4.69) is 50.0 Å². The highest BCUT2D eigenvalue weighted by Gasteiger charge is 2.13. The van der Waals surface area contributed by atoms with E-state index in [-0.39, 0.29) is 11.4 Å². The van der Waals surface area contributed by atoms with Gasteiger partial charge in [0.15, 0.2) is 0 Å². The second-order valence-corrected chi connectivity index (χ2v) is 5.30. The summed E-state index contributed by atoms with van der Waals surface area (Å²) >= 11 is 0. The number of hydrogen-bond donors (Lipinski definition) is 1. The van der Waals surface area contributed by atoms with Gasteiger partial charge in [-0.3, -0.25) is 0 Å². The number of rotatable bonds is 2. The average Bonchev–Trinajstić information content (AvgIpc) is 2.63. The predicted octanol–water partition coefficient (Wildman–Crippen LogP) is 3.15. The minimum atomic E-state index is 0.191. The van der Waals surface area contributed by atoms with E-state index in [9.17, 15) is 0 Å². The van der Waals surface area contributed by atoms with Crippen molar-refractivity contribution in [1.29, 1.82) is 0 Å². The van der Waals surface area contributed by atoms with Crippen LogP contribution in [0.25, 0.3) is 0 Å². The molecule has 0 unspecified atom stereocenters. The summed E-state index contributed by atoms with van der Waals surface area (Å²) in [5, 5.41) is 0. The van der Waals surface area contributed by atoms with Crippen LogP contribution in [0.3, 0.4) is 0 Å². The molecule has 0 saturated carbocycles. The first kappa shape index (κ1) is 11.7. The third-order valence-corrected chi connectivity index (χ3v) is 2.77. The number of hydrogen-bond acceptors (Lipinski definition) is 3. The number of nitrogens with two attached hydrogens (primary N) is 1. The minimum Gasteiger partial charge on any atom is -0.432 e. The summed E-state index contributed by atoms with van der Waals surface area (Å²) in [5.41, 5.74) is 9.04. The molecule has 1 aromatic heterocycles. The molecule has 0 spiro atoms. The van der Waals surface area contributed by atoms with Crippen LogP contribution < -0.4 is 5.73 Å². The van der Waals surface area contributed by atoms with Crippen molar-refractivity contribution >= 4 is 6.01 Å². The fraction of sp³-hybridized carbons (Fsp3) is 0.357. The molecule has 90 valence electrons. The van der Waals surface area contributed by atoms with E-state index in [0.29, 0.717) is 0 Å². The van der Waals surface area contributed by atoms with Crippen molar-refractivity contribution in [3.63, 3.8) is 0 Å². The number of aromatic nitrogens is 1. The molecule has 0 aliphatic rings. The maximum atomic E-state index is 5.44. The summed E-state index contributed by atoms with van der Waals surface area (Å²) < 4.78 is 4.98. The maximum absolute atomic E-state index is 5.44. The number of benzene rings is 1. The molecule has 0 bridgehead atoms. The van der Waals surface area contributed by atoms with Crippen molar-refractivity contribution in [1.82, 2.24) is 4.98 Å². The molecule has 2 N–H and O–H groups in total. The second kappa shape index (κ2) is 4.24. The Hall–Kier alpha value is -1.77. The van der Waals surface area contributed by atoms with Crippen molar-refractivity contribution in [3.05, 3.63) is 47.3 Å². The van der Waals surface area contributed by atoms with Gasteiger partial charge in [-0.1, -0.05) is 45.0 Å². The standard InChI is InChI=1S/C14H18N2O/c1-14(2,3)11-6-4-10(5-7-11)8-12-9-17-13(15)16-12/h4-7,9H,8H2,1-3H3,(H2,15,16). The molecule has 1 aromatic carbocycles. The van der Waals surface area contributed by atoms with Crippen LogP contribution in [-0.4, -0.2) is 4.98 Å². The number of nitrogens with zero attached hydrogens (tertiary/aromatic N) is 1. The van der Waals surface area contributed by atoms with Crippen molar-refractivity contribution in [2.24, 2.45) is 0 Å². The maximum Gasteiger partial charge on any atom is 0.292 e. The molecule has 0 atom stereocenters. The van der Waals surface area contributed by atoms with Gasteiger partial charge in [-0.2, -0.15) is 4.98 Å².